The molecular weight excluding hydrogens is 266 g/mol. The highest BCUT2D eigenvalue weighted by molar-refractivity contribution is 5.92. The van der Waals surface area contributed by atoms with Gasteiger partial charge in [-0.25, -0.2) is 0 Å². The Hall–Kier alpha value is -1.36. The lowest BCUT2D eigenvalue weighted by Crippen LogP contribution is -2.38. The minimum atomic E-state index is -0.273. The second-order valence-electron chi connectivity index (χ2n) is 6.67. The number of aliphatic hydroxyl groups is 1. The van der Waals surface area contributed by atoms with Crippen LogP contribution in [0.5, 0.6) is 0 Å². The molecule has 1 fully saturated rings. The number of nitrogens with one attached hydrogen (secondary N) is 1. The highest BCUT2D eigenvalue weighted by atomic mass is 16.3. The molecule has 0 spiro atoms. The fourth-order valence-corrected chi connectivity index (χ4v) is 3.05. The molecule has 2 N–H and O–H groups in total. The van der Waals surface area contributed by atoms with Crippen LogP contribution in [-0.4, -0.2) is 45.8 Å². The summed E-state index contributed by atoms with van der Waals surface area (Å²) in [6.07, 6.45) is 4.71. The summed E-state index contributed by atoms with van der Waals surface area (Å²) in [7, 11) is 1.79. The van der Waals surface area contributed by atoms with Crippen LogP contribution in [0, 0.1) is 11.8 Å². The van der Waals surface area contributed by atoms with Crippen molar-refractivity contribution in [1.82, 2.24) is 15.1 Å². The average molecular weight is 293 g/mol. The van der Waals surface area contributed by atoms with Crippen molar-refractivity contribution in [3.8, 4) is 0 Å². The summed E-state index contributed by atoms with van der Waals surface area (Å²) in [4.78, 5) is 14.1. The minimum Gasteiger partial charge on any atom is -0.393 e. The third-order valence-corrected chi connectivity index (χ3v) is 4.20. The van der Waals surface area contributed by atoms with Gasteiger partial charge in [0.2, 0.25) is 0 Å². The Bertz CT molecular complexity index is 470. The predicted molar refractivity (Wildman–Crippen MR) is 82.1 cm³/mol. The maximum absolute atomic E-state index is 12.4. The van der Waals surface area contributed by atoms with E-state index in [9.17, 15) is 9.90 Å². The van der Waals surface area contributed by atoms with E-state index in [1.807, 2.05) is 6.07 Å². The first kappa shape index (κ1) is 16.0. The molecule has 1 aliphatic carbocycles. The number of hydrogen-bond donors (Lipinski definition) is 2. The molecule has 1 amide bonds. The van der Waals surface area contributed by atoms with Gasteiger partial charge in [0.15, 0.2) is 0 Å². The van der Waals surface area contributed by atoms with Gasteiger partial charge in [0.05, 0.1) is 6.10 Å². The summed E-state index contributed by atoms with van der Waals surface area (Å²) in [6, 6.07) is 1.84. The van der Waals surface area contributed by atoms with E-state index in [2.05, 4.69) is 24.0 Å². The van der Waals surface area contributed by atoms with Crippen LogP contribution < -0.4 is 0 Å². The molecule has 2 rings (SSSR count). The van der Waals surface area contributed by atoms with Crippen molar-refractivity contribution < 1.29 is 9.90 Å². The van der Waals surface area contributed by atoms with Crippen molar-refractivity contribution in [2.45, 2.75) is 52.1 Å². The maximum Gasteiger partial charge on any atom is 0.274 e. The third-order valence-electron chi connectivity index (χ3n) is 4.20. The van der Waals surface area contributed by atoms with Crippen LogP contribution in [0.4, 0.5) is 0 Å². The van der Waals surface area contributed by atoms with Crippen LogP contribution in [0.3, 0.4) is 0 Å². The smallest absolute Gasteiger partial charge is 0.274 e. The fourth-order valence-electron chi connectivity index (χ4n) is 3.05. The molecular formula is C16H27N3O2. The maximum atomic E-state index is 12.4. The largest absolute Gasteiger partial charge is 0.393 e. The van der Waals surface area contributed by atoms with Crippen LogP contribution in [0.1, 0.15) is 55.7 Å². The highest BCUT2D eigenvalue weighted by Gasteiger charge is 2.26. The van der Waals surface area contributed by atoms with Gasteiger partial charge in [0, 0.05) is 25.2 Å². The third kappa shape index (κ3) is 4.30. The van der Waals surface area contributed by atoms with Gasteiger partial charge in [0.25, 0.3) is 5.91 Å². The van der Waals surface area contributed by atoms with E-state index in [0.717, 1.165) is 37.8 Å². The van der Waals surface area contributed by atoms with Gasteiger partial charge in [-0.15, -0.1) is 0 Å². The Morgan fingerprint density at radius 1 is 1.48 bits per heavy atom. The molecule has 118 valence electrons. The number of nitrogens with zero attached hydrogens (tertiary/aromatic N) is 2. The number of carbonyl (C=O) groups excluding carboxylic acids is 1. The Balaban J connectivity index is 1.93. The van der Waals surface area contributed by atoms with E-state index in [1.165, 1.54) is 0 Å². The molecule has 1 aromatic rings. The standard InChI is InChI=1S/C16H27N3O2/c1-11(2)8-13-9-14(18-17-13)16(21)19(3)10-12-6-4-5-7-15(12)20/h9,11-12,15,20H,4-8,10H2,1-3H3,(H,17,18). The molecule has 0 bridgehead atoms. The van der Waals surface area contributed by atoms with Gasteiger partial charge in [-0.1, -0.05) is 26.7 Å². The van der Waals surface area contributed by atoms with Crippen molar-refractivity contribution in [3.63, 3.8) is 0 Å². The number of rotatable bonds is 5. The summed E-state index contributed by atoms with van der Waals surface area (Å²) in [5.74, 6) is 0.657. The van der Waals surface area contributed by atoms with Crippen LogP contribution in [0.25, 0.3) is 0 Å². The van der Waals surface area contributed by atoms with Crippen LogP contribution in [-0.2, 0) is 6.42 Å². The number of carbonyl (C=O) groups is 1. The second kappa shape index (κ2) is 7.07. The minimum absolute atomic E-state index is 0.0703. The number of aromatic nitrogens is 2. The number of hydrogen-bond acceptors (Lipinski definition) is 3. The first-order chi connectivity index (χ1) is 9.97. The Morgan fingerprint density at radius 3 is 2.86 bits per heavy atom. The molecule has 2 atom stereocenters. The SMILES string of the molecule is CC(C)Cc1cc(C(=O)N(C)CC2CCCCC2O)n[nH]1. The zero-order valence-electron chi connectivity index (χ0n) is 13.3. The molecule has 0 aliphatic heterocycles. The fraction of sp³-hybridized carbons (Fsp3) is 0.750. The van der Waals surface area contributed by atoms with Crippen molar-refractivity contribution in [3.05, 3.63) is 17.5 Å². The van der Waals surface area contributed by atoms with Gasteiger partial charge in [-0.05, 0) is 31.2 Å². The Morgan fingerprint density at radius 2 is 2.19 bits per heavy atom. The second-order valence-corrected chi connectivity index (χ2v) is 6.67. The molecule has 21 heavy (non-hydrogen) atoms. The summed E-state index contributed by atoms with van der Waals surface area (Å²) in [5, 5.41) is 17.1. The summed E-state index contributed by atoms with van der Waals surface area (Å²) in [5.41, 5.74) is 1.47. The van der Waals surface area contributed by atoms with E-state index in [1.54, 1.807) is 11.9 Å². The van der Waals surface area contributed by atoms with Gasteiger partial charge in [-0.3, -0.25) is 9.89 Å². The first-order valence-electron chi connectivity index (χ1n) is 7.95. The van der Waals surface area contributed by atoms with Gasteiger partial charge in [-0.2, -0.15) is 5.10 Å². The molecule has 1 aromatic heterocycles. The highest BCUT2D eigenvalue weighted by Crippen LogP contribution is 2.25. The summed E-state index contributed by atoms with van der Waals surface area (Å²) < 4.78 is 0. The quantitative estimate of drug-likeness (QED) is 0.874. The Kier molecular flexibility index (Phi) is 5.39. The molecule has 1 saturated carbocycles. The van der Waals surface area contributed by atoms with E-state index >= 15 is 0 Å². The van der Waals surface area contributed by atoms with Gasteiger partial charge in [0.1, 0.15) is 5.69 Å². The molecule has 1 aliphatic rings. The monoisotopic (exact) mass is 293 g/mol. The van der Waals surface area contributed by atoms with Crippen LogP contribution in [0.2, 0.25) is 0 Å². The first-order valence-corrected chi connectivity index (χ1v) is 7.95. The van der Waals surface area contributed by atoms with E-state index in [4.69, 9.17) is 0 Å². The number of H-pyrrole nitrogens is 1. The van der Waals surface area contributed by atoms with Gasteiger partial charge < -0.3 is 10.0 Å². The van der Waals surface area contributed by atoms with Crippen molar-refractivity contribution in [1.29, 1.82) is 0 Å². The van der Waals surface area contributed by atoms with Crippen molar-refractivity contribution in [2.24, 2.45) is 11.8 Å². The number of aromatic amines is 1. The van der Waals surface area contributed by atoms with Crippen LogP contribution >= 0.6 is 0 Å². The normalized spacial score (nSPS) is 22.5. The molecule has 0 radical (unpaired) electrons. The van der Waals surface area contributed by atoms with E-state index in [0.29, 0.717) is 18.2 Å². The topological polar surface area (TPSA) is 69.2 Å². The summed E-state index contributed by atoms with van der Waals surface area (Å²) >= 11 is 0. The molecule has 5 heteroatoms. The lowest BCUT2D eigenvalue weighted by molar-refractivity contribution is 0.0448. The lowest BCUT2D eigenvalue weighted by Gasteiger charge is -2.30. The van der Waals surface area contributed by atoms with Gasteiger partial charge >= 0.3 is 0 Å². The molecule has 5 nitrogen and oxygen atoms in total. The lowest BCUT2D eigenvalue weighted by atomic mass is 9.86. The molecule has 2 unspecified atom stereocenters. The number of amides is 1. The zero-order valence-corrected chi connectivity index (χ0v) is 13.3. The molecule has 0 saturated heterocycles. The average Bonchev–Trinajstić information content (AvgIpc) is 2.88. The molecule has 1 heterocycles. The van der Waals surface area contributed by atoms with E-state index in [-0.39, 0.29) is 17.9 Å². The van der Waals surface area contributed by atoms with Crippen LogP contribution in [0.15, 0.2) is 6.07 Å². The van der Waals surface area contributed by atoms with Crippen molar-refractivity contribution in [2.75, 3.05) is 13.6 Å². The zero-order chi connectivity index (χ0) is 15.4. The Labute approximate surface area is 126 Å². The summed E-state index contributed by atoms with van der Waals surface area (Å²) in [6.45, 7) is 4.88. The molecule has 0 aromatic carbocycles. The number of aliphatic hydroxyl groups excluding tert-OH is 1. The van der Waals surface area contributed by atoms with Crippen molar-refractivity contribution >= 4 is 5.91 Å². The van der Waals surface area contributed by atoms with E-state index < -0.39 is 0 Å². The predicted octanol–water partition coefficient (Wildman–Crippen LogP) is 2.23.